The molecule has 3 unspecified atom stereocenters. The maximum atomic E-state index is 12.2. The summed E-state index contributed by atoms with van der Waals surface area (Å²) >= 11 is 0. The van der Waals surface area contributed by atoms with Gasteiger partial charge in [0.2, 0.25) is 0 Å². The highest BCUT2D eigenvalue weighted by Gasteiger charge is 2.51. The standard InChI is InChI=1S/C10H15F3O6S.C3H8O2/c1-9(2)18-6-3-4-16-7(8(6)19-9)5-17-20(14,15)10(11,12)13;1-3(2,4)5/h6-8H,3-5H2,1-2H3;4-5H,1-2H3. The Bertz CT molecular complexity index is 534. The first-order valence-corrected chi connectivity index (χ1v) is 8.80. The number of aliphatic hydroxyl groups is 2. The van der Waals surface area contributed by atoms with Gasteiger partial charge in [0.25, 0.3) is 0 Å². The molecule has 25 heavy (non-hydrogen) atoms. The van der Waals surface area contributed by atoms with Crippen molar-refractivity contribution in [3.63, 3.8) is 0 Å². The van der Waals surface area contributed by atoms with Gasteiger partial charge in [0, 0.05) is 6.61 Å². The van der Waals surface area contributed by atoms with Crippen LogP contribution in [0.1, 0.15) is 34.1 Å². The van der Waals surface area contributed by atoms with E-state index in [0.29, 0.717) is 6.42 Å². The highest BCUT2D eigenvalue weighted by molar-refractivity contribution is 7.87. The molecule has 2 aliphatic rings. The summed E-state index contributed by atoms with van der Waals surface area (Å²) < 4.78 is 78.5. The first-order valence-electron chi connectivity index (χ1n) is 7.39. The zero-order valence-electron chi connectivity index (χ0n) is 14.2. The number of fused-ring (bicyclic) bond motifs is 1. The van der Waals surface area contributed by atoms with Crippen molar-refractivity contribution in [3.05, 3.63) is 0 Å². The lowest BCUT2D eigenvalue weighted by molar-refractivity contribution is -0.156. The number of halogens is 3. The zero-order valence-corrected chi connectivity index (χ0v) is 15.1. The van der Waals surface area contributed by atoms with Crippen LogP contribution in [0, 0.1) is 0 Å². The van der Waals surface area contributed by atoms with E-state index in [1.54, 1.807) is 13.8 Å². The number of hydrogen-bond acceptors (Lipinski definition) is 8. The van der Waals surface area contributed by atoms with Gasteiger partial charge in [-0.25, -0.2) is 0 Å². The quantitative estimate of drug-likeness (QED) is 0.411. The molecule has 0 amide bonds. The predicted octanol–water partition coefficient (Wildman–Crippen LogP) is 0.869. The summed E-state index contributed by atoms with van der Waals surface area (Å²) in [6.45, 7) is 5.40. The Hall–Kier alpha value is -0.500. The smallest absolute Gasteiger partial charge is 0.373 e. The van der Waals surface area contributed by atoms with Crippen molar-refractivity contribution in [1.29, 1.82) is 0 Å². The SMILES string of the molecule is CC(C)(O)O.CC1(C)OC2CCOC(COS(=O)(=O)C(F)(F)F)C2O1. The summed E-state index contributed by atoms with van der Waals surface area (Å²) in [4.78, 5) is 0. The van der Waals surface area contributed by atoms with Crippen molar-refractivity contribution in [3.8, 4) is 0 Å². The molecular formula is C13H23F3O8S. The van der Waals surface area contributed by atoms with Gasteiger partial charge in [-0.15, -0.1) is 0 Å². The number of hydrogen-bond donors (Lipinski definition) is 2. The lowest BCUT2D eigenvalue weighted by atomic mass is 10.0. The zero-order chi connectivity index (χ0) is 19.7. The molecule has 0 saturated carbocycles. The highest BCUT2D eigenvalue weighted by Crippen LogP contribution is 2.35. The van der Waals surface area contributed by atoms with Crippen LogP contribution in [0.3, 0.4) is 0 Å². The van der Waals surface area contributed by atoms with Crippen molar-refractivity contribution in [2.45, 2.75) is 69.5 Å². The molecule has 2 fully saturated rings. The van der Waals surface area contributed by atoms with Crippen LogP contribution in [0.4, 0.5) is 13.2 Å². The second-order valence-corrected chi connectivity index (χ2v) is 8.12. The van der Waals surface area contributed by atoms with E-state index in [2.05, 4.69) is 4.18 Å². The molecule has 0 bridgehead atoms. The Morgan fingerprint density at radius 3 is 2.20 bits per heavy atom. The number of ether oxygens (including phenoxy) is 3. The van der Waals surface area contributed by atoms with Crippen LogP contribution in [0.15, 0.2) is 0 Å². The minimum absolute atomic E-state index is 0.237. The summed E-state index contributed by atoms with van der Waals surface area (Å²) in [6.07, 6.45) is -1.40. The van der Waals surface area contributed by atoms with Crippen molar-refractivity contribution >= 4 is 10.1 Å². The van der Waals surface area contributed by atoms with Gasteiger partial charge in [0.1, 0.15) is 12.2 Å². The molecule has 3 atom stereocenters. The monoisotopic (exact) mass is 396 g/mol. The van der Waals surface area contributed by atoms with Crippen LogP contribution in [-0.4, -0.2) is 67.2 Å². The molecule has 0 radical (unpaired) electrons. The lowest BCUT2D eigenvalue weighted by Crippen LogP contribution is -2.46. The first kappa shape index (κ1) is 22.5. The fraction of sp³-hybridized carbons (Fsp3) is 1.00. The van der Waals surface area contributed by atoms with Gasteiger partial charge >= 0.3 is 15.6 Å². The Kier molecular flexibility index (Phi) is 6.87. The molecule has 8 nitrogen and oxygen atoms in total. The highest BCUT2D eigenvalue weighted by atomic mass is 32.2. The molecule has 2 N–H and O–H groups in total. The van der Waals surface area contributed by atoms with Crippen LogP contribution in [0.5, 0.6) is 0 Å². The van der Waals surface area contributed by atoms with Crippen molar-refractivity contribution < 1.29 is 50.2 Å². The lowest BCUT2D eigenvalue weighted by Gasteiger charge is -2.31. The third kappa shape index (κ3) is 7.33. The van der Waals surface area contributed by atoms with E-state index in [-0.39, 0.29) is 12.7 Å². The van der Waals surface area contributed by atoms with E-state index in [1.165, 1.54) is 13.8 Å². The van der Waals surface area contributed by atoms with Crippen LogP contribution >= 0.6 is 0 Å². The molecule has 2 heterocycles. The molecule has 0 aromatic carbocycles. The third-order valence-electron chi connectivity index (χ3n) is 2.99. The van der Waals surface area contributed by atoms with Crippen LogP contribution in [-0.2, 0) is 28.5 Å². The average molecular weight is 396 g/mol. The largest absolute Gasteiger partial charge is 0.523 e. The van der Waals surface area contributed by atoms with Gasteiger partial charge in [0.15, 0.2) is 11.6 Å². The maximum Gasteiger partial charge on any atom is 0.523 e. The fourth-order valence-corrected chi connectivity index (χ4v) is 2.65. The molecule has 0 aromatic heterocycles. The Balaban J connectivity index is 0.000000550. The molecular weight excluding hydrogens is 373 g/mol. The Morgan fingerprint density at radius 1 is 1.20 bits per heavy atom. The molecule has 150 valence electrons. The molecule has 12 heteroatoms. The molecule has 0 aliphatic carbocycles. The van der Waals surface area contributed by atoms with E-state index in [4.69, 9.17) is 24.4 Å². The number of alkyl halides is 3. The van der Waals surface area contributed by atoms with Gasteiger partial charge in [0.05, 0.1) is 12.7 Å². The van der Waals surface area contributed by atoms with E-state index in [0.717, 1.165) is 0 Å². The van der Waals surface area contributed by atoms with Crippen LogP contribution in [0.2, 0.25) is 0 Å². The second kappa shape index (κ2) is 7.62. The fourth-order valence-electron chi connectivity index (χ4n) is 2.20. The summed E-state index contributed by atoms with van der Waals surface area (Å²) in [5.74, 6) is -2.38. The summed E-state index contributed by atoms with van der Waals surface area (Å²) in [6, 6.07) is 0. The van der Waals surface area contributed by atoms with E-state index >= 15 is 0 Å². The normalized spacial score (nSPS) is 29.6. The van der Waals surface area contributed by atoms with Gasteiger partial charge in [-0.2, -0.15) is 21.6 Å². The number of rotatable bonds is 3. The van der Waals surface area contributed by atoms with E-state index in [1.807, 2.05) is 0 Å². The molecule has 2 rings (SSSR count). The molecule has 2 aliphatic heterocycles. The van der Waals surface area contributed by atoms with Crippen LogP contribution in [0.25, 0.3) is 0 Å². The van der Waals surface area contributed by atoms with Gasteiger partial charge in [-0.1, -0.05) is 0 Å². The van der Waals surface area contributed by atoms with E-state index < -0.39 is 46.0 Å². The summed E-state index contributed by atoms with van der Waals surface area (Å²) in [5, 5.41) is 16.2. The maximum absolute atomic E-state index is 12.2. The minimum Gasteiger partial charge on any atom is -0.373 e. The topological polar surface area (TPSA) is 112 Å². The second-order valence-electron chi connectivity index (χ2n) is 6.52. The summed E-state index contributed by atoms with van der Waals surface area (Å²) in [5.41, 5.74) is -5.45. The van der Waals surface area contributed by atoms with Gasteiger partial charge in [-0.05, 0) is 34.1 Å². The Labute approximate surface area is 143 Å². The van der Waals surface area contributed by atoms with Gasteiger partial charge < -0.3 is 24.4 Å². The van der Waals surface area contributed by atoms with Crippen molar-refractivity contribution in [2.24, 2.45) is 0 Å². The van der Waals surface area contributed by atoms with Crippen molar-refractivity contribution in [1.82, 2.24) is 0 Å². The Morgan fingerprint density at radius 2 is 1.72 bits per heavy atom. The van der Waals surface area contributed by atoms with E-state index in [9.17, 15) is 21.6 Å². The van der Waals surface area contributed by atoms with Crippen molar-refractivity contribution in [2.75, 3.05) is 13.2 Å². The summed E-state index contributed by atoms with van der Waals surface area (Å²) in [7, 11) is -5.63. The van der Waals surface area contributed by atoms with Gasteiger partial charge in [-0.3, -0.25) is 4.18 Å². The van der Waals surface area contributed by atoms with Crippen LogP contribution < -0.4 is 0 Å². The molecule has 2 saturated heterocycles. The third-order valence-corrected chi connectivity index (χ3v) is 4.01. The molecule has 0 spiro atoms. The predicted molar refractivity (Wildman–Crippen MR) is 77.6 cm³/mol. The first-order chi connectivity index (χ1) is 11.0. The minimum atomic E-state index is -5.63. The molecule has 0 aromatic rings. The average Bonchev–Trinajstić information content (AvgIpc) is 2.67.